The quantitative estimate of drug-likeness (QED) is 0.671. The fourth-order valence-electron chi connectivity index (χ4n) is 1.85. The maximum atomic E-state index is 11.4. The zero-order valence-electron chi connectivity index (χ0n) is 8.99. The summed E-state index contributed by atoms with van der Waals surface area (Å²) in [5.41, 5.74) is 3.48. The highest BCUT2D eigenvalue weighted by atomic mass is 16.5. The van der Waals surface area contributed by atoms with Crippen LogP contribution in [0.15, 0.2) is 23.8 Å². The molecule has 1 aromatic rings. The van der Waals surface area contributed by atoms with Crippen molar-refractivity contribution in [3.05, 3.63) is 40.5 Å². The van der Waals surface area contributed by atoms with E-state index in [0.717, 1.165) is 17.5 Å². The SMILES string of the molecule is COC(=O)C1=Cc2ccc(C#N)cc2CC1. The average Bonchev–Trinajstić information content (AvgIpc) is 2.36. The zero-order chi connectivity index (χ0) is 11.5. The number of aryl methyl sites for hydroxylation is 1. The molecule has 0 saturated carbocycles. The Labute approximate surface area is 94.0 Å². The fraction of sp³-hybridized carbons (Fsp3) is 0.231. The largest absolute Gasteiger partial charge is 0.466 e. The topological polar surface area (TPSA) is 50.1 Å². The summed E-state index contributed by atoms with van der Waals surface area (Å²) in [6.07, 6.45) is 3.30. The van der Waals surface area contributed by atoms with E-state index in [4.69, 9.17) is 10.00 Å². The van der Waals surface area contributed by atoms with E-state index in [1.807, 2.05) is 18.2 Å². The smallest absolute Gasteiger partial charge is 0.333 e. The molecule has 3 heteroatoms. The Morgan fingerprint density at radius 3 is 2.94 bits per heavy atom. The second-order valence-electron chi connectivity index (χ2n) is 3.69. The molecule has 0 atom stereocenters. The Hall–Kier alpha value is -2.08. The number of carbonyl (C=O) groups excluding carboxylic acids is 1. The van der Waals surface area contributed by atoms with Gasteiger partial charge in [-0.1, -0.05) is 6.07 Å². The van der Waals surface area contributed by atoms with E-state index in [9.17, 15) is 4.79 Å². The van der Waals surface area contributed by atoms with Gasteiger partial charge in [-0.25, -0.2) is 4.79 Å². The Morgan fingerprint density at radius 2 is 2.25 bits per heavy atom. The summed E-state index contributed by atoms with van der Waals surface area (Å²) in [7, 11) is 1.39. The molecule has 80 valence electrons. The third-order valence-electron chi connectivity index (χ3n) is 2.71. The van der Waals surface area contributed by atoms with Crippen LogP contribution >= 0.6 is 0 Å². The molecule has 0 radical (unpaired) electrons. The van der Waals surface area contributed by atoms with E-state index >= 15 is 0 Å². The molecule has 0 aliphatic heterocycles. The van der Waals surface area contributed by atoms with Gasteiger partial charge in [0, 0.05) is 5.57 Å². The molecule has 0 N–H and O–H groups in total. The van der Waals surface area contributed by atoms with Crippen molar-refractivity contribution in [1.29, 1.82) is 5.26 Å². The van der Waals surface area contributed by atoms with Gasteiger partial charge >= 0.3 is 5.97 Å². The van der Waals surface area contributed by atoms with Gasteiger partial charge in [-0.15, -0.1) is 0 Å². The Morgan fingerprint density at radius 1 is 1.44 bits per heavy atom. The van der Waals surface area contributed by atoms with Crippen LogP contribution in [0.5, 0.6) is 0 Å². The summed E-state index contributed by atoms with van der Waals surface area (Å²) in [5, 5.41) is 8.78. The first-order valence-corrected chi connectivity index (χ1v) is 5.06. The summed E-state index contributed by atoms with van der Waals surface area (Å²) < 4.78 is 4.69. The van der Waals surface area contributed by atoms with Crippen molar-refractivity contribution in [2.45, 2.75) is 12.8 Å². The minimum Gasteiger partial charge on any atom is -0.466 e. The molecule has 1 aliphatic rings. The number of nitriles is 1. The highest BCUT2D eigenvalue weighted by Gasteiger charge is 2.16. The van der Waals surface area contributed by atoms with E-state index in [-0.39, 0.29) is 5.97 Å². The van der Waals surface area contributed by atoms with Gasteiger partial charge < -0.3 is 4.74 Å². The number of ether oxygens (including phenoxy) is 1. The molecule has 2 rings (SSSR count). The highest BCUT2D eigenvalue weighted by molar-refractivity contribution is 5.94. The predicted molar refractivity (Wildman–Crippen MR) is 59.5 cm³/mol. The first-order valence-electron chi connectivity index (χ1n) is 5.06. The summed E-state index contributed by atoms with van der Waals surface area (Å²) in [5.74, 6) is -0.269. The summed E-state index contributed by atoms with van der Waals surface area (Å²) >= 11 is 0. The van der Waals surface area contributed by atoms with Gasteiger partial charge in [0.25, 0.3) is 0 Å². The molecule has 0 aromatic heterocycles. The molecular weight excluding hydrogens is 202 g/mol. The lowest BCUT2D eigenvalue weighted by Gasteiger charge is -2.14. The molecule has 16 heavy (non-hydrogen) atoms. The number of carbonyl (C=O) groups is 1. The van der Waals surface area contributed by atoms with Crippen LogP contribution in [0, 0.1) is 11.3 Å². The van der Waals surface area contributed by atoms with Gasteiger partial charge in [0.05, 0.1) is 18.7 Å². The number of fused-ring (bicyclic) bond motifs is 1. The van der Waals surface area contributed by atoms with Crippen LogP contribution in [0.2, 0.25) is 0 Å². The molecule has 1 aromatic carbocycles. The molecular formula is C13H11NO2. The monoisotopic (exact) mass is 213 g/mol. The molecule has 3 nitrogen and oxygen atoms in total. The van der Waals surface area contributed by atoms with E-state index in [2.05, 4.69) is 6.07 Å². The fourth-order valence-corrected chi connectivity index (χ4v) is 1.85. The van der Waals surface area contributed by atoms with Crippen molar-refractivity contribution in [2.24, 2.45) is 0 Å². The highest BCUT2D eigenvalue weighted by Crippen LogP contribution is 2.25. The van der Waals surface area contributed by atoms with Crippen molar-refractivity contribution in [1.82, 2.24) is 0 Å². The minimum atomic E-state index is -0.269. The zero-order valence-corrected chi connectivity index (χ0v) is 8.99. The first kappa shape index (κ1) is 10.4. The van der Waals surface area contributed by atoms with Gasteiger partial charge in [0.1, 0.15) is 0 Å². The van der Waals surface area contributed by atoms with Crippen molar-refractivity contribution in [2.75, 3.05) is 7.11 Å². The van der Waals surface area contributed by atoms with Crippen LogP contribution in [-0.2, 0) is 16.0 Å². The predicted octanol–water partition coefficient (Wildman–Crippen LogP) is 2.06. The van der Waals surface area contributed by atoms with E-state index in [1.54, 1.807) is 6.07 Å². The normalized spacial score (nSPS) is 13.4. The molecule has 0 fully saturated rings. The van der Waals surface area contributed by atoms with Crippen molar-refractivity contribution < 1.29 is 9.53 Å². The number of rotatable bonds is 1. The number of hydrogen-bond donors (Lipinski definition) is 0. The molecule has 0 heterocycles. The third-order valence-corrected chi connectivity index (χ3v) is 2.71. The van der Waals surface area contributed by atoms with Crippen LogP contribution in [0.1, 0.15) is 23.1 Å². The lowest BCUT2D eigenvalue weighted by molar-refractivity contribution is -0.136. The first-order chi connectivity index (χ1) is 7.74. The molecule has 0 saturated heterocycles. The Balaban J connectivity index is 2.39. The van der Waals surface area contributed by atoms with E-state index in [0.29, 0.717) is 17.6 Å². The number of esters is 1. The van der Waals surface area contributed by atoms with Gasteiger partial charge in [-0.3, -0.25) is 0 Å². The van der Waals surface area contributed by atoms with Gasteiger partial charge in [-0.2, -0.15) is 5.26 Å². The molecule has 1 aliphatic carbocycles. The van der Waals surface area contributed by atoms with Gasteiger partial charge in [0.15, 0.2) is 0 Å². The summed E-state index contributed by atoms with van der Waals surface area (Å²) in [6, 6.07) is 7.62. The van der Waals surface area contributed by atoms with E-state index < -0.39 is 0 Å². The van der Waals surface area contributed by atoms with Gasteiger partial charge in [0.2, 0.25) is 0 Å². The maximum Gasteiger partial charge on any atom is 0.333 e. The lowest BCUT2D eigenvalue weighted by Crippen LogP contribution is -2.09. The van der Waals surface area contributed by atoms with Gasteiger partial charge in [-0.05, 0) is 42.2 Å². The second kappa shape index (κ2) is 4.19. The second-order valence-corrected chi connectivity index (χ2v) is 3.69. The van der Waals surface area contributed by atoms with Crippen LogP contribution in [0.4, 0.5) is 0 Å². The molecule has 0 bridgehead atoms. The van der Waals surface area contributed by atoms with Crippen LogP contribution in [0.3, 0.4) is 0 Å². The Kier molecular flexibility index (Phi) is 2.74. The van der Waals surface area contributed by atoms with Crippen LogP contribution in [0.25, 0.3) is 6.08 Å². The van der Waals surface area contributed by atoms with Crippen molar-refractivity contribution >= 4 is 12.0 Å². The molecule has 0 spiro atoms. The number of methoxy groups -OCH3 is 1. The number of nitrogens with zero attached hydrogens (tertiary/aromatic N) is 1. The summed E-state index contributed by atoms with van der Waals surface area (Å²) in [6.45, 7) is 0. The average molecular weight is 213 g/mol. The number of benzene rings is 1. The summed E-state index contributed by atoms with van der Waals surface area (Å²) in [4.78, 5) is 11.4. The molecule has 0 amide bonds. The van der Waals surface area contributed by atoms with Crippen LogP contribution in [-0.4, -0.2) is 13.1 Å². The minimum absolute atomic E-state index is 0.269. The van der Waals surface area contributed by atoms with E-state index in [1.165, 1.54) is 7.11 Å². The maximum absolute atomic E-state index is 11.4. The standard InChI is InChI=1S/C13H11NO2/c1-16-13(15)12-5-4-10-6-9(8-14)2-3-11(10)7-12/h2-3,6-7H,4-5H2,1H3. The van der Waals surface area contributed by atoms with Crippen LogP contribution < -0.4 is 0 Å². The third kappa shape index (κ3) is 1.82. The number of hydrogen-bond acceptors (Lipinski definition) is 3. The lowest BCUT2D eigenvalue weighted by atomic mass is 9.91. The van der Waals surface area contributed by atoms with Crippen molar-refractivity contribution in [3.8, 4) is 6.07 Å². The van der Waals surface area contributed by atoms with Crippen molar-refractivity contribution in [3.63, 3.8) is 0 Å². The molecule has 0 unspecified atom stereocenters. The Bertz CT molecular complexity index is 509.